The van der Waals surface area contributed by atoms with Gasteiger partial charge in [0.25, 0.3) is 0 Å². The minimum Gasteiger partial charge on any atom is -0.379 e. The lowest BCUT2D eigenvalue weighted by molar-refractivity contribution is 0.184. The van der Waals surface area contributed by atoms with Gasteiger partial charge in [0.2, 0.25) is 0 Å². The van der Waals surface area contributed by atoms with E-state index in [9.17, 15) is 0 Å². The van der Waals surface area contributed by atoms with Crippen molar-refractivity contribution in [2.45, 2.75) is 12.6 Å². The summed E-state index contributed by atoms with van der Waals surface area (Å²) in [7, 11) is 0. The van der Waals surface area contributed by atoms with Crippen LogP contribution in [0.1, 0.15) is 5.01 Å². The third kappa shape index (κ3) is 2.51. The standard InChI is InChI=1S/C9H15N3OS/c10-8-6-13-5-7(8)3-11-4-9-12-1-2-14-9/h1-2,7-8,11H,3-6,10H2. The van der Waals surface area contributed by atoms with Crippen LogP contribution in [0.25, 0.3) is 0 Å². The lowest BCUT2D eigenvalue weighted by Gasteiger charge is -2.12. The maximum Gasteiger partial charge on any atom is 0.106 e. The Morgan fingerprint density at radius 2 is 2.57 bits per heavy atom. The molecule has 3 N–H and O–H groups in total. The normalized spacial score (nSPS) is 26.9. The first-order chi connectivity index (χ1) is 6.86. The van der Waals surface area contributed by atoms with Gasteiger partial charge in [0.15, 0.2) is 0 Å². The Hall–Kier alpha value is -0.490. The highest BCUT2D eigenvalue weighted by Gasteiger charge is 2.23. The molecule has 2 atom stereocenters. The largest absolute Gasteiger partial charge is 0.379 e. The average molecular weight is 213 g/mol. The maximum absolute atomic E-state index is 5.86. The number of hydrogen-bond donors (Lipinski definition) is 2. The molecular weight excluding hydrogens is 198 g/mol. The van der Waals surface area contributed by atoms with Gasteiger partial charge in [-0.1, -0.05) is 0 Å². The van der Waals surface area contributed by atoms with Gasteiger partial charge in [-0.25, -0.2) is 4.98 Å². The molecule has 2 rings (SSSR count). The van der Waals surface area contributed by atoms with Gasteiger partial charge in [0.05, 0.1) is 13.2 Å². The number of thiazole rings is 1. The van der Waals surface area contributed by atoms with Crippen molar-refractivity contribution in [1.29, 1.82) is 0 Å². The van der Waals surface area contributed by atoms with Gasteiger partial charge in [-0.15, -0.1) is 11.3 Å². The van der Waals surface area contributed by atoms with Crippen LogP contribution in [0.4, 0.5) is 0 Å². The first-order valence-electron chi connectivity index (χ1n) is 4.78. The molecule has 78 valence electrons. The second-order valence-corrected chi connectivity index (χ2v) is 4.50. The van der Waals surface area contributed by atoms with Gasteiger partial charge in [-0.2, -0.15) is 0 Å². The second-order valence-electron chi connectivity index (χ2n) is 3.52. The van der Waals surface area contributed by atoms with Crippen LogP contribution in [0.3, 0.4) is 0 Å². The molecule has 1 aromatic rings. The summed E-state index contributed by atoms with van der Waals surface area (Å²) >= 11 is 1.67. The lowest BCUT2D eigenvalue weighted by atomic mass is 10.1. The van der Waals surface area contributed by atoms with Crippen LogP contribution in [0, 0.1) is 5.92 Å². The zero-order chi connectivity index (χ0) is 9.80. The van der Waals surface area contributed by atoms with Crippen LogP contribution in [0.5, 0.6) is 0 Å². The fourth-order valence-corrected chi connectivity index (χ4v) is 2.12. The predicted molar refractivity (Wildman–Crippen MR) is 56.1 cm³/mol. The molecule has 0 aromatic carbocycles. The summed E-state index contributed by atoms with van der Waals surface area (Å²) in [4.78, 5) is 4.19. The van der Waals surface area contributed by atoms with E-state index in [1.54, 1.807) is 11.3 Å². The molecule has 2 heterocycles. The third-order valence-electron chi connectivity index (χ3n) is 2.41. The molecule has 1 fully saturated rings. The smallest absolute Gasteiger partial charge is 0.106 e. The number of aromatic nitrogens is 1. The quantitative estimate of drug-likeness (QED) is 0.750. The zero-order valence-corrected chi connectivity index (χ0v) is 8.80. The summed E-state index contributed by atoms with van der Waals surface area (Å²) in [5.41, 5.74) is 5.86. The van der Waals surface area contributed by atoms with Crippen LogP contribution < -0.4 is 11.1 Å². The number of hydrogen-bond acceptors (Lipinski definition) is 5. The van der Waals surface area contributed by atoms with Gasteiger partial charge in [0.1, 0.15) is 5.01 Å². The average Bonchev–Trinajstić information content (AvgIpc) is 2.78. The Bertz CT molecular complexity index is 265. The predicted octanol–water partition coefficient (Wildman–Crippen LogP) is 0.206. The molecule has 1 aliphatic heterocycles. The van der Waals surface area contributed by atoms with E-state index < -0.39 is 0 Å². The molecule has 0 radical (unpaired) electrons. The minimum atomic E-state index is 0.193. The Morgan fingerprint density at radius 1 is 1.64 bits per heavy atom. The van der Waals surface area contributed by atoms with Gasteiger partial charge in [-0.3, -0.25) is 0 Å². The van der Waals surface area contributed by atoms with E-state index in [0.29, 0.717) is 12.5 Å². The van der Waals surface area contributed by atoms with Crippen molar-refractivity contribution in [2.75, 3.05) is 19.8 Å². The van der Waals surface area contributed by atoms with E-state index in [2.05, 4.69) is 10.3 Å². The maximum atomic E-state index is 5.86. The van der Waals surface area contributed by atoms with E-state index in [4.69, 9.17) is 10.5 Å². The molecule has 0 amide bonds. The molecule has 0 aliphatic carbocycles. The molecule has 4 nitrogen and oxygen atoms in total. The number of rotatable bonds is 4. The van der Waals surface area contributed by atoms with Crippen molar-refractivity contribution in [3.05, 3.63) is 16.6 Å². The topological polar surface area (TPSA) is 60.2 Å². The first-order valence-corrected chi connectivity index (χ1v) is 5.66. The van der Waals surface area contributed by atoms with Crippen molar-refractivity contribution >= 4 is 11.3 Å². The van der Waals surface area contributed by atoms with Gasteiger partial charge in [0, 0.05) is 36.6 Å². The van der Waals surface area contributed by atoms with Crippen LogP contribution in [0.15, 0.2) is 11.6 Å². The van der Waals surface area contributed by atoms with E-state index in [1.807, 2.05) is 11.6 Å². The fourth-order valence-electron chi connectivity index (χ4n) is 1.53. The molecular formula is C9H15N3OS. The number of ether oxygens (including phenoxy) is 1. The lowest BCUT2D eigenvalue weighted by Crippen LogP contribution is -2.35. The van der Waals surface area contributed by atoms with Crippen LogP contribution in [-0.2, 0) is 11.3 Å². The highest BCUT2D eigenvalue weighted by molar-refractivity contribution is 7.09. The second kappa shape index (κ2) is 4.84. The SMILES string of the molecule is NC1COCC1CNCc1nccs1. The van der Waals surface area contributed by atoms with Crippen molar-refractivity contribution in [1.82, 2.24) is 10.3 Å². The summed E-state index contributed by atoms with van der Waals surface area (Å²) in [5, 5.41) is 6.46. The minimum absolute atomic E-state index is 0.193. The van der Waals surface area contributed by atoms with Crippen molar-refractivity contribution < 1.29 is 4.74 Å². The Morgan fingerprint density at radius 3 is 3.21 bits per heavy atom. The van der Waals surface area contributed by atoms with E-state index >= 15 is 0 Å². The summed E-state index contributed by atoms with van der Waals surface area (Å²) in [6, 6.07) is 0.193. The molecule has 5 heteroatoms. The van der Waals surface area contributed by atoms with Crippen molar-refractivity contribution in [2.24, 2.45) is 11.7 Å². The molecule has 2 unspecified atom stereocenters. The van der Waals surface area contributed by atoms with Gasteiger partial charge in [-0.05, 0) is 0 Å². The third-order valence-corrected chi connectivity index (χ3v) is 3.19. The molecule has 1 aliphatic rings. The fraction of sp³-hybridized carbons (Fsp3) is 0.667. The number of nitrogens with two attached hydrogens (primary N) is 1. The van der Waals surface area contributed by atoms with Gasteiger partial charge >= 0.3 is 0 Å². The van der Waals surface area contributed by atoms with Crippen molar-refractivity contribution in [3.8, 4) is 0 Å². The van der Waals surface area contributed by atoms with E-state index in [1.165, 1.54) is 0 Å². The Balaban J connectivity index is 1.68. The Labute approximate surface area is 87.5 Å². The molecule has 14 heavy (non-hydrogen) atoms. The van der Waals surface area contributed by atoms with E-state index in [0.717, 1.165) is 24.7 Å². The van der Waals surface area contributed by atoms with Crippen LogP contribution >= 0.6 is 11.3 Å². The number of nitrogens with one attached hydrogen (secondary N) is 1. The summed E-state index contributed by atoms with van der Waals surface area (Å²) in [6.45, 7) is 3.23. The molecule has 1 saturated heterocycles. The van der Waals surface area contributed by atoms with Gasteiger partial charge < -0.3 is 15.8 Å². The molecule has 0 spiro atoms. The molecule has 0 saturated carbocycles. The van der Waals surface area contributed by atoms with Crippen LogP contribution in [0.2, 0.25) is 0 Å². The zero-order valence-electron chi connectivity index (χ0n) is 7.98. The first kappa shape index (κ1) is 10.0. The van der Waals surface area contributed by atoms with Crippen LogP contribution in [-0.4, -0.2) is 30.8 Å². The highest BCUT2D eigenvalue weighted by Crippen LogP contribution is 2.10. The monoisotopic (exact) mass is 213 g/mol. The number of nitrogens with zero attached hydrogens (tertiary/aromatic N) is 1. The van der Waals surface area contributed by atoms with E-state index in [-0.39, 0.29) is 6.04 Å². The molecule has 1 aromatic heterocycles. The summed E-state index contributed by atoms with van der Waals surface area (Å²) in [5.74, 6) is 0.454. The summed E-state index contributed by atoms with van der Waals surface area (Å²) in [6.07, 6.45) is 1.83. The highest BCUT2D eigenvalue weighted by atomic mass is 32.1. The Kier molecular flexibility index (Phi) is 3.47. The summed E-state index contributed by atoms with van der Waals surface area (Å²) < 4.78 is 5.28. The molecule has 0 bridgehead atoms. The van der Waals surface area contributed by atoms with Crippen molar-refractivity contribution in [3.63, 3.8) is 0 Å².